The van der Waals surface area contributed by atoms with Crippen LogP contribution in [-0.2, 0) is 6.61 Å². The minimum absolute atomic E-state index is 0.292. The zero-order valence-corrected chi connectivity index (χ0v) is 10.7. The largest absolute Gasteiger partial charge is 0.488 e. The standard InChI is InChI=1S/C16H13FN2O/c17-12-7-6-11(14(18)9-12)10-20-16-5-1-4-15-13(16)3-2-8-19-15/h1-9H,10,18H2. The minimum atomic E-state index is -0.347. The van der Waals surface area contributed by atoms with E-state index in [4.69, 9.17) is 10.5 Å². The van der Waals surface area contributed by atoms with Gasteiger partial charge in [0, 0.05) is 22.8 Å². The van der Waals surface area contributed by atoms with Crippen LogP contribution in [-0.4, -0.2) is 4.98 Å². The first-order valence-electron chi connectivity index (χ1n) is 6.24. The Balaban J connectivity index is 1.87. The number of nitrogens with zero attached hydrogens (tertiary/aromatic N) is 1. The number of hydrogen-bond acceptors (Lipinski definition) is 3. The SMILES string of the molecule is Nc1cc(F)ccc1COc1cccc2ncccc12. The normalized spacial score (nSPS) is 10.7. The molecule has 3 nitrogen and oxygen atoms in total. The Labute approximate surface area is 115 Å². The van der Waals surface area contributed by atoms with Gasteiger partial charge in [-0.1, -0.05) is 12.1 Å². The molecule has 0 aliphatic carbocycles. The number of nitrogen functional groups attached to an aromatic ring is 1. The highest BCUT2D eigenvalue weighted by Crippen LogP contribution is 2.25. The predicted octanol–water partition coefficient (Wildman–Crippen LogP) is 3.54. The molecule has 0 spiro atoms. The lowest BCUT2D eigenvalue weighted by molar-refractivity contribution is 0.310. The first-order valence-corrected chi connectivity index (χ1v) is 6.24. The fourth-order valence-corrected chi connectivity index (χ4v) is 2.05. The molecule has 3 aromatic rings. The van der Waals surface area contributed by atoms with Gasteiger partial charge in [-0.25, -0.2) is 4.39 Å². The molecule has 0 bridgehead atoms. The number of halogens is 1. The third-order valence-electron chi connectivity index (χ3n) is 3.10. The van der Waals surface area contributed by atoms with E-state index in [0.29, 0.717) is 12.3 Å². The molecule has 0 saturated heterocycles. The molecule has 3 rings (SSSR count). The van der Waals surface area contributed by atoms with Crippen molar-refractivity contribution in [3.05, 3.63) is 66.1 Å². The van der Waals surface area contributed by atoms with Crippen LogP contribution in [0.4, 0.5) is 10.1 Å². The van der Waals surface area contributed by atoms with Gasteiger partial charge in [0.2, 0.25) is 0 Å². The summed E-state index contributed by atoms with van der Waals surface area (Å²) in [6, 6.07) is 13.8. The van der Waals surface area contributed by atoms with Crippen LogP contribution in [0.15, 0.2) is 54.7 Å². The van der Waals surface area contributed by atoms with Crippen molar-refractivity contribution in [1.29, 1.82) is 0 Å². The zero-order chi connectivity index (χ0) is 13.9. The van der Waals surface area contributed by atoms with Gasteiger partial charge in [-0.05, 0) is 36.4 Å². The van der Waals surface area contributed by atoms with E-state index in [9.17, 15) is 4.39 Å². The summed E-state index contributed by atoms with van der Waals surface area (Å²) in [5.41, 5.74) is 7.79. The van der Waals surface area contributed by atoms with E-state index in [0.717, 1.165) is 22.2 Å². The number of rotatable bonds is 3. The van der Waals surface area contributed by atoms with E-state index in [1.54, 1.807) is 12.3 Å². The number of fused-ring (bicyclic) bond motifs is 1. The molecule has 0 aliphatic heterocycles. The minimum Gasteiger partial charge on any atom is -0.488 e. The van der Waals surface area contributed by atoms with Crippen molar-refractivity contribution in [2.24, 2.45) is 0 Å². The van der Waals surface area contributed by atoms with E-state index in [1.165, 1.54) is 12.1 Å². The second kappa shape index (κ2) is 5.17. The molecular formula is C16H13FN2O. The monoisotopic (exact) mass is 268 g/mol. The third-order valence-corrected chi connectivity index (χ3v) is 3.10. The summed E-state index contributed by atoms with van der Waals surface area (Å²) in [6.45, 7) is 0.292. The Morgan fingerprint density at radius 3 is 2.85 bits per heavy atom. The molecule has 1 heterocycles. The van der Waals surface area contributed by atoms with Crippen molar-refractivity contribution in [3.8, 4) is 5.75 Å². The average molecular weight is 268 g/mol. The van der Waals surface area contributed by atoms with Crippen LogP contribution in [0.3, 0.4) is 0 Å². The molecule has 0 aliphatic rings. The molecule has 0 fully saturated rings. The van der Waals surface area contributed by atoms with Gasteiger partial charge in [0.1, 0.15) is 18.2 Å². The van der Waals surface area contributed by atoms with Crippen LogP contribution in [0.25, 0.3) is 10.9 Å². The molecule has 4 heteroatoms. The second-order valence-corrected chi connectivity index (χ2v) is 4.46. The molecule has 0 atom stereocenters. The fraction of sp³-hybridized carbons (Fsp3) is 0.0625. The van der Waals surface area contributed by atoms with Gasteiger partial charge in [-0.2, -0.15) is 0 Å². The van der Waals surface area contributed by atoms with Gasteiger partial charge >= 0.3 is 0 Å². The summed E-state index contributed by atoms with van der Waals surface area (Å²) >= 11 is 0. The number of hydrogen-bond donors (Lipinski definition) is 1. The Kier molecular flexibility index (Phi) is 3.21. The van der Waals surface area contributed by atoms with E-state index >= 15 is 0 Å². The smallest absolute Gasteiger partial charge is 0.129 e. The summed E-state index contributed by atoms with van der Waals surface area (Å²) in [5.74, 6) is 0.389. The molecule has 2 N–H and O–H groups in total. The van der Waals surface area contributed by atoms with Gasteiger partial charge in [-0.15, -0.1) is 0 Å². The van der Waals surface area contributed by atoms with Crippen LogP contribution in [0.2, 0.25) is 0 Å². The van der Waals surface area contributed by atoms with Crippen LogP contribution in [0.1, 0.15) is 5.56 Å². The molecule has 0 amide bonds. The van der Waals surface area contributed by atoms with Crippen molar-refractivity contribution in [2.75, 3.05) is 5.73 Å². The second-order valence-electron chi connectivity index (χ2n) is 4.46. The average Bonchev–Trinajstić information content (AvgIpc) is 2.46. The van der Waals surface area contributed by atoms with Crippen molar-refractivity contribution < 1.29 is 9.13 Å². The van der Waals surface area contributed by atoms with Crippen LogP contribution in [0.5, 0.6) is 5.75 Å². The molecule has 2 aromatic carbocycles. The topological polar surface area (TPSA) is 48.1 Å². The van der Waals surface area contributed by atoms with E-state index in [1.807, 2.05) is 30.3 Å². The van der Waals surface area contributed by atoms with Gasteiger partial charge < -0.3 is 10.5 Å². The van der Waals surface area contributed by atoms with E-state index in [2.05, 4.69) is 4.98 Å². The van der Waals surface area contributed by atoms with Crippen molar-refractivity contribution >= 4 is 16.6 Å². The quantitative estimate of drug-likeness (QED) is 0.739. The lowest BCUT2D eigenvalue weighted by atomic mass is 10.2. The van der Waals surface area contributed by atoms with Crippen LogP contribution in [0, 0.1) is 5.82 Å². The Bertz CT molecular complexity index is 753. The maximum absolute atomic E-state index is 13.0. The lowest BCUT2D eigenvalue weighted by Crippen LogP contribution is -2.01. The van der Waals surface area contributed by atoms with Crippen molar-refractivity contribution in [1.82, 2.24) is 4.98 Å². The number of nitrogens with two attached hydrogens (primary N) is 1. The number of aromatic nitrogens is 1. The Morgan fingerprint density at radius 1 is 1.10 bits per heavy atom. The highest BCUT2D eigenvalue weighted by Gasteiger charge is 2.05. The van der Waals surface area contributed by atoms with Gasteiger partial charge in [-0.3, -0.25) is 4.98 Å². The third kappa shape index (κ3) is 2.40. The van der Waals surface area contributed by atoms with Gasteiger partial charge in [0.15, 0.2) is 0 Å². The highest BCUT2D eigenvalue weighted by atomic mass is 19.1. The fourth-order valence-electron chi connectivity index (χ4n) is 2.05. The first-order chi connectivity index (χ1) is 9.74. The molecule has 0 saturated carbocycles. The van der Waals surface area contributed by atoms with E-state index in [-0.39, 0.29) is 5.82 Å². The number of pyridine rings is 1. The summed E-state index contributed by atoms with van der Waals surface area (Å²) in [5, 5.41) is 0.940. The Morgan fingerprint density at radius 2 is 2.00 bits per heavy atom. The summed E-state index contributed by atoms with van der Waals surface area (Å²) in [4.78, 5) is 4.27. The molecular weight excluding hydrogens is 255 g/mol. The van der Waals surface area contributed by atoms with Crippen molar-refractivity contribution in [3.63, 3.8) is 0 Å². The molecule has 1 aromatic heterocycles. The van der Waals surface area contributed by atoms with Gasteiger partial charge in [0.05, 0.1) is 5.52 Å². The number of ether oxygens (including phenoxy) is 1. The maximum Gasteiger partial charge on any atom is 0.129 e. The Hall–Kier alpha value is -2.62. The maximum atomic E-state index is 13.0. The lowest BCUT2D eigenvalue weighted by Gasteiger charge is -2.10. The summed E-state index contributed by atoms with van der Waals surface area (Å²) in [6.07, 6.45) is 1.74. The van der Waals surface area contributed by atoms with Crippen molar-refractivity contribution in [2.45, 2.75) is 6.61 Å². The molecule has 100 valence electrons. The number of anilines is 1. The van der Waals surface area contributed by atoms with E-state index < -0.39 is 0 Å². The highest BCUT2D eigenvalue weighted by molar-refractivity contribution is 5.84. The van der Waals surface area contributed by atoms with Crippen LogP contribution < -0.4 is 10.5 Å². The summed E-state index contributed by atoms with van der Waals surface area (Å²) in [7, 11) is 0. The number of benzene rings is 2. The summed E-state index contributed by atoms with van der Waals surface area (Å²) < 4.78 is 18.8. The molecule has 0 unspecified atom stereocenters. The predicted molar refractivity (Wildman–Crippen MR) is 76.9 cm³/mol. The molecule has 0 radical (unpaired) electrons. The molecule has 20 heavy (non-hydrogen) atoms. The van der Waals surface area contributed by atoms with Crippen LogP contribution >= 0.6 is 0 Å². The van der Waals surface area contributed by atoms with Gasteiger partial charge in [0.25, 0.3) is 0 Å². The zero-order valence-electron chi connectivity index (χ0n) is 10.7. The first kappa shape index (κ1) is 12.4.